The fourth-order valence-corrected chi connectivity index (χ4v) is 2.35. The molecule has 3 heteroatoms. The Bertz CT molecular complexity index is 336. The van der Waals surface area contributed by atoms with Crippen LogP contribution in [0.4, 0.5) is 0 Å². The molecule has 16 heavy (non-hydrogen) atoms. The Kier molecular flexibility index (Phi) is 3.85. The van der Waals surface area contributed by atoms with E-state index in [0.29, 0.717) is 12.1 Å². The van der Waals surface area contributed by atoms with Crippen molar-refractivity contribution in [1.82, 2.24) is 10.2 Å². The van der Waals surface area contributed by atoms with Gasteiger partial charge in [0.1, 0.15) is 0 Å². The maximum Gasteiger partial charge on any atom is 0.0406 e. The fraction of sp³-hybridized carbons (Fsp3) is 0.538. The lowest BCUT2D eigenvalue weighted by Crippen LogP contribution is -2.55. The van der Waals surface area contributed by atoms with Crippen molar-refractivity contribution in [3.63, 3.8) is 0 Å². The molecular weight excluding hydrogens is 220 g/mol. The zero-order valence-corrected chi connectivity index (χ0v) is 10.7. The second kappa shape index (κ2) is 5.17. The molecule has 88 valence electrons. The number of halogens is 1. The van der Waals surface area contributed by atoms with Crippen molar-refractivity contribution in [2.24, 2.45) is 0 Å². The number of rotatable bonds is 2. The molecule has 1 N–H and O–H groups in total. The van der Waals surface area contributed by atoms with Crippen LogP contribution in [0.15, 0.2) is 24.3 Å². The summed E-state index contributed by atoms with van der Waals surface area (Å²) < 4.78 is 0. The van der Waals surface area contributed by atoms with Gasteiger partial charge in [0, 0.05) is 30.2 Å². The number of likely N-dealkylation sites (N-methyl/N-ethyl adjacent to an activating group) is 1. The quantitative estimate of drug-likeness (QED) is 0.850. The topological polar surface area (TPSA) is 15.3 Å². The minimum atomic E-state index is 0.542. The van der Waals surface area contributed by atoms with Crippen molar-refractivity contribution in [3.8, 4) is 0 Å². The van der Waals surface area contributed by atoms with E-state index in [4.69, 9.17) is 11.6 Å². The van der Waals surface area contributed by atoms with Crippen LogP contribution in [0, 0.1) is 0 Å². The minimum Gasteiger partial charge on any atom is -0.311 e. The Balaban J connectivity index is 2.00. The molecule has 0 aliphatic carbocycles. The standard InChI is InChI=1S/C13H19ClN2/c1-10-13(15-7-8-16(10)2)9-11-3-5-12(14)6-4-11/h3-6,10,13,15H,7-9H2,1-2H3. The summed E-state index contributed by atoms with van der Waals surface area (Å²) in [5, 5.41) is 4.40. The lowest BCUT2D eigenvalue weighted by molar-refractivity contribution is 0.163. The van der Waals surface area contributed by atoms with Gasteiger partial charge in [0.15, 0.2) is 0 Å². The normalized spacial score (nSPS) is 26.9. The number of benzene rings is 1. The van der Waals surface area contributed by atoms with Crippen molar-refractivity contribution >= 4 is 11.6 Å². The summed E-state index contributed by atoms with van der Waals surface area (Å²) in [7, 11) is 2.19. The molecule has 0 aromatic heterocycles. The van der Waals surface area contributed by atoms with Crippen LogP contribution in [0.5, 0.6) is 0 Å². The highest BCUT2D eigenvalue weighted by atomic mass is 35.5. The first kappa shape index (κ1) is 11.9. The van der Waals surface area contributed by atoms with E-state index >= 15 is 0 Å². The number of nitrogens with one attached hydrogen (secondary N) is 1. The lowest BCUT2D eigenvalue weighted by atomic mass is 9.98. The summed E-state index contributed by atoms with van der Waals surface area (Å²) in [5.74, 6) is 0. The SMILES string of the molecule is CC1C(Cc2ccc(Cl)cc2)NCCN1C. The molecule has 2 atom stereocenters. The molecule has 1 saturated heterocycles. The highest BCUT2D eigenvalue weighted by Crippen LogP contribution is 2.15. The van der Waals surface area contributed by atoms with E-state index < -0.39 is 0 Å². The highest BCUT2D eigenvalue weighted by molar-refractivity contribution is 6.30. The van der Waals surface area contributed by atoms with Gasteiger partial charge in [0.2, 0.25) is 0 Å². The number of piperazine rings is 1. The van der Waals surface area contributed by atoms with E-state index in [1.807, 2.05) is 12.1 Å². The molecule has 1 aliphatic rings. The smallest absolute Gasteiger partial charge is 0.0406 e. The molecule has 2 rings (SSSR count). The van der Waals surface area contributed by atoms with Crippen molar-refractivity contribution in [3.05, 3.63) is 34.9 Å². The molecule has 0 spiro atoms. The first-order chi connectivity index (χ1) is 7.66. The molecular formula is C13H19ClN2. The van der Waals surface area contributed by atoms with E-state index in [1.54, 1.807) is 0 Å². The molecule has 0 amide bonds. The van der Waals surface area contributed by atoms with Gasteiger partial charge in [-0.25, -0.2) is 0 Å². The van der Waals surface area contributed by atoms with Crippen LogP contribution in [0.2, 0.25) is 5.02 Å². The van der Waals surface area contributed by atoms with Gasteiger partial charge < -0.3 is 10.2 Å². The van der Waals surface area contributed by atoms with Crippen molar-refractivity contribution in [2.45, 2.75) is 25.4 Å². The molecule has 2 nitrogen and oxygen atoms in total. The summed E-state index contributed by atoms with van der Waals surface area (Å²) in [6.07, 6.45) is 1.07. The molecule has 1 fully saturated rings. The van der Waals surface area contributed by atoms with Gasteiger partial charge in [0.25, 0.3) is 0 Å². The average Bonchev–Trinajstić information content (AvgIpc) is 2.28. The van der Waals surface area contributed by atoms with Crippen molar-refractivity contribution in [1.29, 1.82) is 0 Å². The van der Waals surface area contributed by atoms with E-state index in [1.165, 1.54) is 5.56 Å². The average molecular weight is 239 g/mol. The second-order valence-corrected chi connectivity index (χ2v) is 5.05. The largest absolute Gasteiger partial charge is 0.311 e. The predicted molar refractivity (Wildman–Crippen MR) is 69.0 cm³/mol. The summed E-state index contributed by atoms with van der Waals surface area (Å²) in [5.41, 5.74) is 1.35. The number of hydrogen-bond acceptors (Lipinski definition) is 2. The van der Waals surface area contributed by atoms with Crippen LogP contribution in [0.25, 0.3) is 0 Å². The van der Waals surface area contributed by atoms with Gasteiger partial charge >= 0.3 is 0 Å². The zero-order chi connectivity index (χ0) is 11.5. The highest BCUT2D eigenvalue weighted by Gasteiger charge is 2.24. The van der Waals surface area contributed by atoms with Gasteiger partial charge in [-0.05, 0) is 38.1 Å². The van der Waals surface area contributed by atoms with Gasteiger partial charge in [0.05, 0.1) is 0 Å². The first-order valence-electron chi connectivity index (χ1n) is 5.85. The third-order valence-electron chi connectivity index (χ3n) is 3.52. The van der Waals surface area contributed by atoms with Crippen LogP contribution in [0.1, 0.15) is 12.5 Å². The van der Waals surface area contributed by atoms with Gasteiger partial charge in [-0.15, -0.1) is 0 Å². The molecule has 2 unspecified atom stereocenters. The Morgan fingerprint density at radius 1 is 1.38 bits per heavy atom. The van der Waals surface area contributed by atoms with Crippen molar-refractivity contribution < 1.29 is 0 Å². The summed E-state index contributed by atoms with van der Waals surface area (Å²) >= 11 is 5.88. The zero-order valence-electron chi connectivity index (χ0n) is 9.91. The third kappa shape index (κ3) is 2.76. The lowest BCUT2D eigenvalue weighted by Gasteiger charge is -2.38. The van der Waals surface area contributed by atoms with Crippen LogP contribution in [0.3, 0.4) is 0 Å². The molecule has 1 aromatic rings. The Morgan fingerprint density at radius 2 is 2.06 bits per heavy atom. The number of hydrogen-bond donors (Lipinski definition) is 1. The third-order valence-corrected chi connectivity index (χ3v) is 3.77. The summed E-state index contributed by atoms with van der Waals surface area (Å²) in [6, 6.07) is 9.29. The Morgan fingerprint density at radius 3 is 2.75 bits per heavy atom. The molecule has 0 bridgehead atoms. The molecule has 1 heterocycles. The van der Waals surface area contributed by atoms with Crippen LogP contribution < -0.4 is 5.32 Å². The van der Waals surface area contributed by atoms with Gasteiger partial charge in [-0.3, -0.25) is 0 Å². The molecule has 0 saturated carbocycles. The predicted octanol–water partition coefficient (Wildman–Crippen LogP) is 2.17. The molecule has 1 aliphatic heterocycles. The minimum absolute atomic E-state index is 0.542. The van der Waals surface area contributed by atoms with E-state index in [0.717, 1.165) is 24.5 Å². The van der Waals surface area contributed by atoms with Crippen LogP contribution in [-0.2, 0) is 6.42 Å². The van der Waals surface area contributed by atoms with E-state index in [-0.39, 0.29) is 0 Å². The van der Waals surface area contributed by atoms with E-state index in [9.17, 15) is 0 Å². The van der Waals surface area contributed by atoms with Gasteiger partial charge in [-0.2, -0.15) is 0 Å². The summed E-state index contributed by atoms with van der Waals surface area (Å²) in [6.45, 7) is 4.50. The maximum absolute atomic E-state index is 5.88. The van der Waals surface area contributed by atoms with Crippen LogP contribution in [-0.4, -0.2) is 37.1 Å². The molecule has 1 aromatic carbocycles. The van der Waals surface area contributed by atoms with E-state index in [2.05, 4.69) is 36.3 Å². The van der Waals surface area contributed by atoms with Crippen molar-refractivity contribution in [2.75, 3.05) is 20.1 Å². The first-order valence-corrected chi connectivity index (χ1v) is 6.22. The monoisotopic (exact) mass is 238 g/mol. The van der Waals surface area contributed by atoms with Crippen LogP contribution >= 0.6 is 11.6 Å². The van der Waals surface area contributed by atoms with Gasteiger partial charge in [-0.1, -0.05) is 23.7 Å². The maximum atomic E-state index is 5.88. The Hall–Kier alpha value is -0.570. The Labute approximate surface area is 103 Å². The second-order valence-electron chi connectivity index (χ2n) is 4.61. The molecule has 0 radical (unpaired) electrons. The fourth-order valence-electron chi connectivity index (χ4n) is 2.22. The number of nitrogens with zero attached hydrogens (tertiary/aromatic N) is 1. The summed E-state index contributed by atoms with van der Waals surface area (Å²) in [4.78, 5) is 2.41.